The SMILES string of the molecule is CC1CN(C(N)=NCC(=O)N2CCc3ccccc32)CCO1. The monoisotopic (exact) mass is 302 g/mol. The Bertz CT molecular complexity index is 587. The fraction of sp³-hybridized carbons (Fsp3) is 0.500. The molecule has 2 aliphatic rings. The molecule has 2 aliphatic heterocycles. The Morgan fingerprint density at radius 2 is 2.23 bits per heavy atom. The largest absolute Gasteiger partial charge is 0.375 e. The van der Waals surface area contributed by atoms with E-state index in [1.165, 1.54) is 5.56 Å². The van der Waals surface area contributed by atoms with Gasteiger partial charge in [-0.2, -0.15) is 0 Å². The van der Waals surface area contributed by atoms with Crippen LogP contribution in [-0.4, -0.2) is 55.7 Å². The summed E-state index contributed by atoms with van der Waals surface area (Å²) >= 11 is 0. The van der Waals surface area contributed by atoms with Crippen LogP contribution in [0.5, 0.6) is 0 Å². The average molecular weight is 302 g/mol. The number of ether oxygens (including phenoxy) is 1. The zero-order chi connectivity index (χ0) is 15.5. The van der Waals surface area contributed by atoms with Gasteiger partial charge in [0.2, 0.25) is 5.91 Å². The molecule has 1 amide bonds. The van der Waals surface area contributed by atoms with Gasteiger partial charge < -0.3 is 20.3 Å². The molecule has 1 unspecified atom stereocenters. The lowest BCUT2D eigenvalue weighted by atomic mass is 10.2. The van der Waals surface area contributed by atoms with E-state index >= 15 is 0 Å². The van der Waals surface area contributed by atoms with Gasteiger partial charge in [0.05, 0.1) is 12.7 Å². The second kappa shape index (κ2) is 6.36. The number of nitrogens with two attached hydrogens (primary N) is 1. The molecule has 0 saturated carbocycles. The highest BCUT2D eigenvalue weighted by Gasteiger charge is 2.24. The van der Waals surface area contributed by atoms with Crippen molar-refractivity contribution in [2.24, 2.45) is 10.7 Å². The summed E-state index contributed by atoms with van der Waals surface area (Å²) in [6.45, 7) is 4.90. The number of anilines is 1. The first-order chi connectivity index (χ1) is 10.6. The Morgan fingerprint density at radius 1 is 1.41 bits per heavy atom. The molecule has 0 spiro atoms. The molecule has 1 atom stereocenters. The van der Waals surface area contributed by atoms with Gasteiger partial charge in [-0.3, -0.25) is 4.79 Å². The highest BCUT2D eigenvalue weighted by atomic mass is 16.5. The van der Waals surface area contributed by atoms with E-state index in [-0.39, 0.29) is 18.6 Å². The van der Waals surface area contributed by atoms with Crippen molar-refractivity contribution in [2.75, 3.05) is 37.7 Å². The molecule has 0 radical (unpaired) electrons. The summed E-state index contributed by atoms with van der Waals surface area (Å²) in [4.78, 5) is 20.4. The van der Waals surface area contributed by atoms with Crippen LogP contribution in [0.2, 0.25) is 0 Å². The topological polar surface area (TPSA) is 71.2 Å². The van der Waals surface area contributed by atoms with Crippen molar-refractivity contribution in [3.05, 3.63) is 29.8 Å². The van der Waals surface area contributed by atoms with E-state index < -0.39 is 0 Å². The lowest BCUT2D eigenvalue weighted by molar-refractivity contribution is -0.117. The fourth-order valence-electron chi connectivity index (χ4n) is 2.96. The van der Waals surface area contributed by atoms with Gasteiger partial charge in [-0.1, -0.05) is 18.2 Å². The number of guanidine groups is 1. The summed E-state index contributed by atoms with van der Waals surface area (Å²) in [7, 11) is 0. The number of benzene rings is 1. The lowest BCUT2D eigenvalue weighted by Gasteiger charge is -2.31. The summed E-state index contributed by atoms with van der Waals surface area (Å²) in [6, 6.07) is 8.01. The summed E-state index contributed by atoms with van der Waals surface area (Å²) < 4.78 is 5.48. The van der Waals surface area contributed by atoms with Gasteiger partial charge in [0.15, 0.2) is 5.96 Å². The van der Waals surface area contributed by atoms with Crippen LogP contribution < -0.4 is 10.6 Å². The highest BCUT2D eigenvalue weighted by molar-refractivity contribution is 5.97. The first-order valence-corrected chi connectivity index (χ1v) is 7.70. The van der Waals surface area contributed by atoms with Crippen molar-refractivity contribution >= 4 is 17.6 Å². The maximum Gasteiger partial charge on any atom is 0.248 e. The molecule has 118 valence electrons. The minimum Gasteiger partial charge on any atom is -0.375 e. The molecule has 0 aliphatic carbocycles. The molecular formula is C16H22N4O2. The number of carbonyl (C=O) groups is 1. The van der Waals surface area contributed by atoms with Crippen molar-refractivity contribution < 1.29 is 9.53 Å². The number of amides is 1. The van der Waals surface area contributed by atoms with E-state index in [1.54, 1.807) is 4.90 Å². The van der Waals surface area contributed by atoms with Crippen LogP contribution in [0.1, 0.15) is 12.5 Å². The number of hydrogen-bond donors (Lipinski definition) is 1. The van der Waals surface area contributed by atoms with E-state index in [4.69, 9.17) is 10.5 Å². The molecule has 2 heterocycles. The number of fused-ring (bicyclic) bond motifs is 1. The first kappa shape index (κ1) is 14.8. The minimum absolute atomic E-state index is 0.00536. The summed E-state index contributed by atoms with van der Waals surface area (Å²) in [6.07, 6.45) is 1.05. The average Bonchev–Trinajstić information content (AvgIpc) is 2.96. The number of nitrogens with zero attached hydrogens (tertiary/aromatic N) is 3. The van der Waals surface area contributed by atoms with Gasteiger partial charge in [-0.25, -0.2) is 4.99 Å². The van der Waals surface area contributed by atoms with Crippen LogP contribution in [-0.2, 0) is 16.0 Å². The first-order valence-electron chi connectivity index (χ1n) is 7.70. The van der Waals surface area contributed by atoms with E-state index in [2.05, 4.69) is 11.1 Å². The molecule has 0 aromatic heterocycles. The molecule has 2 N–H and O–H groups in total. The van der Waals surface area contributed by atoms with Gasteiger partial charge in [0.1, 0.15) is 6.54 Å². The molecule has 1 saturated heterocycles. The molecule has 0 bridgehead atoms. The van der Waals surface area contributed by atoms with Crippen molar-refractivity contribution in [2.45, 2.75) is 19.4 Å². The normalized spacial score (nSPS) is 21.9. The van der Waals surface area contributed by atoms with Crippen molar-refractivity contribution in [3.8, 4) is 0 Å². The standard InChI is InChI=1S/C16H22N4O2/c1-12-11-19(8-9-22-12)16(17)18-10-15(21)20-7-6-13-4-2-3-5-14(13)20/h2-5,12H,6-11H2,1H3,(H2,17,18). The second-order valence-electron chi connectivity index (χ2n) is 5.73. The molecule has 1 fully saturated rings. The van der Waals surface area contributed by atoms with Crippen molar-refractivity contribution in [1.82, 2.24) is 4.90 Å². The fourth-order valence-corrected chi connectivity index (χ4v) is 2.96. The zero-order valence-electron chi connectivity index (χ0n) is 12.9. The zero-order valence-corrected chi connectivity index (χ0v) is 12.9. The molecule has 6 heteroatoms. The molecule has 1 aromatic rings. The minimum atomic E-state index is -0.00536. The molecular weight excluding hydrogens is 280 g/mol. The highest BCUT2D eigenvalue weighted by Crippen LogP contribution is 2.27. The van der Waals surface area contributed by atoms with Crippen LogP contribution in [0.4, 0.5) is 5.69 Å². The molecule has 3 rings (SSSR count). The number of aliphatic imine (C=N–C) groups is 1. The van der Waals surface area contributed by atoms with Gasteiger partial charge >= 0.3 is 0 Å². The Balaban J connectivity index is 1.61. The van der Waals surface area contributed by atoms with Crippen LogP contribution in [0, 0.1) is 0 Å². The second-order valence-corrected chi connectivity index (χ2v) is 5.73. The number of para-hydroxylation sites is 1. The van der Waals surface area contributed by atoms with Gasteiger partial charge in [0.25, 0.3) is 0 Å². The third kappa shape index (κ3) is 3.06. The van der Waals surface area contributed by atoms with Crippen LogP contribution in [0.15, 0.2) is 29.3 Å². The van der Waals surface area contributed by atoms with E-state index in [0.717, 1.165) is 31.7 Å². The predicted octanol–water partition coefficient (Wildman–Crippen LogP) is 0.611. The Labute approximate surface area is 130 Å². The predicted molar refractivity (Wildman–Crippen MR) is 86.0 cm³/mol. The van der Waals surface area contributed by atoms with Gasteiger partial charge in [-0.15, -0.1) is 0 Å². The summed E-state index contributed by atoms with van der Waals surface area (Å²) in [5.41, 5.74) is 8.22. The Kier molecular flexibility index (Phi) is 4.29. The van der Waals surface area contributed by atoms with Crippen molar-refractivity contribution in [1.29, 1.82) is 0 Å². The Morgan fingerprint density at radius 3 is 3.05 bits per heavy atom. The van der Waals surface area contributed by atoms with Gasteiger partial charge in [0, 0.05) is 25.3 Å². The number of hydrogen-bond acceptors (Lipinski definition) is 3. The van der Waals surface area contributed by atoms with Gasteiger partial charge in [-0.05, 0) is 25.0 Å². The Hall–Kier alpha value is -2.08. The maximum absolute atomic E-state index is 12.4. The molecule has 22 heavy (non-hydrogen) atoms. The van der Waals surface area contributed by atoms with Crippen LogP contribution in [0.25, 0.3) is 0 Å². The number of rotatable bonds is 2. The number of morpholine rings is 1. The molecule has 6 nitrogen and oxygen atoms in total. The third-order valence-electron chi connectivity index (χ3n) is 4.13. The summed E-state index contributed by atoms with van der Waals surface area (Å²) in [5.74, 6) is 0.421. The summed E-state index contributed by atoms with van der Waals surface area (Å²) in [5, 5.41) is 0. The van der Waals surface area contributed by atoms with E-state index in [1.807, 2.05) is 30.0 Å². The molecule has 1 aromatic carbocycles. The van der Waals surface area contributed by atoms with Crippen molar-refractivity contribution in [3.63, 3.8) is 0 Å². The van der Waals surface area contributed by atoms with Crippen LogP contribution in [0.3, 0.4) is 0 Å². The lowest BCUT2D eigenvalue weighted by Crippen LogP contribution is -2.48. The van der Waals surface area contributed by atoms with Crippen LogP contribution >= 0.6 is 0 Å². The smallest absolute Gasteiger partial charge is 0.248 e. The number of carbonyl (C=O) groups excluding carboxylic acids is 1. The quantitative estimate of drug-likeness (QED) is 0.642. The van der Waals surface area contributed by atoms with E-state index in [0.29, 0.717) is 12.6 Å². The maximum atomic E-state index is 12.4. The third-order valence-corrected chi connectivity index (χ3v) is 4.13. The van der Waals surface area contributed by atoms with E-state index in [9.17, 15) is 4.79 Å².